The first kappa shape index (κ1) is 16.1. The lowest BCUT2D eigenvalue weighted by molar-refractivity contribution is 0.0740. The Labute approximate surface area is 141 Å². The standard InChI is InChI=1S/C18H23N3OS/c1-13-6-7-17(23-13)18(22)21-10-4-5-16(21)14-8-9-19-15(11-14)12-20(2)3/h6-9,11,16H,4-5,10,12H2,1-3H3. The Balaban J connectivity index is 1.82. The molecule has 3 rings (SSSR count). The maximum atomic E-state index is 12.8. The van der Waals surface area contributed by atoms with Gasteiger partial charge in [0.15, 0.2) is 0 Å². The van der Waals surface area contributed by atoms with Gasteiger partial charge < -0.3 is 9.80 Å². The number of carbonyl (C=O) groups excluding carboxylic acids is 1. The first-order valence-corrected chi connectivity index (χ1v) is 8.83. The number of pyridine rings is 1. The fourth-order valence-corrected chi connectivity index (χ4v) is 3.99. The molecule has 0 spiro atoms. The number of aromatic nitrogens is 1. The summed E-state index contributed by atoms with van der Waals surface area (Å²) in [5, 5.41) is 0. The summed E-state index contributed by atoms with van der Waals surface area (Å²) in [6, 6.07) is 8.34. The van der Waals surface area contributed by atoms with Crippen LogP contribution < -0.4 is 0 Å². The van der Waals surface area contributed by atoms with Gasteiger partial charge >= 0.3 is 0 Å². The average molecular weight is 329 g/mol. The molecule has 0 saturated carbocycles. The lowest BCUT2D eigenvalue weighted by Gasteiger charge is -2.25. The van der Waals surface area contributed by atoms with E-state index in [9.17, 15) is 4.79 Å². The number of thiophene rings is 1. The highest BCUT2D eigenvalue weighted by Gasteiger charge is 2.31. The molecule has 5 heteroatoms. The number of hydrogen-bond donors (Lipinski definition) is 0. The molecule has 1 saturated heterocycles. The van der Waals surface area contributed by atoms with Gasteiger partial charge in [0.25, 0.3) is 5.91 Å². The zero-order chi connectivity index (χ0) is 16.4. The molecule has 1 aliphatic heterocycles. The van der Waals surface area contributed by atoms with Crippen molar-refractivity contribution in [3.8, 4) is 0 Å². The minimum absolute atomic E-state index is 0.163. The summed E-state index contributed by atoms with van der Waals surface area (Å²) in [7, 11) is 4.08. The average Bonchev–Trinajstić information content (AvgIpc) is 3.15. The van der Waals surface area contributed by atoms with Gasteiger partial charge in [-0.25, -0.2) is 0 Å². The molecule has 122 valence electrons. The summed E-state index contributed by atoms with van der Waals surface area (Å²) in [5.41, 5.74) is 2.26. The highest BCUT2D eigenvalue weighted by molar-refractivity contribution is 7.13. The van der Waals surface area contributed by atoms with Crippen molar-refractivity contribution in [3.05, 3.63) is 51.5 Å². The second-order valence-electron chi connectivity index (χ2n) is 6.39. The van der Waals surface area contributed by atoms with E-state index >= 15 is 0 Å². The Bertz CT molecular complexity index is 695. The molecule has 1 amide bonds. The van der Waals surface area contributed by atoms with Gasteiger partial charge in [-0.1, -0.05) is 0 Å². The predicted octanol–water partition coefficient (Wildman–Crippen LogP) is 3.49. The molecule has 1 unspecified atom stereocenters. The normalized spacial score (nSPS) is 17.9. The van der Waals surface area contributed by atoms with Crippen LogP contribution in [0.5, 0.6) is 0 Å². The van der Waals surface area contributed by atoms with Gasteiger partial charge in [-0.2, -0.15) is 0 Å². The third-order valence-electron chi connectivity index (χ3n) is 4.17. The first-order chi connectivity index (χ1) is 11.0. The number of amides is 1. The minimum Gasteiger partial charge on any atom is -0.331 e. The molecular formula is C18H23N3OS. The van der Waals surface area contributed by atoms with Gasteiger partial charge in [0.05, 0.1) is 16.6 Å². The molecule has 1 atom stereocenters. The smallest absolute Gasteiger partial charge is 0.264 e. The van der Waals surface area contributed by atoms with Gasteiger partial charge in [-0.3, -0.25) is 9.78 Å². The van der Waals surface area contributed by atoms with Gasteiger partial charge in [0.2, 0.25) is 0 Å². The molecular weight excluding hydrogens is 306 g/mol. The maximum absolute atomic E-state index is 12.8. The Morgan fingerprint density at radius 3 is 2.91 bits per heavy atom. The second kappa shape index (κ2) is 6.81. The molecule has 0 aromatic carbocycles. The molecule has 4 nitrogen and oxygen atoms in total. The van der Waals surface area contributed by atoms with Crippen LogP contribution in [-0.2, 0) is 6.54 Å². The zero-order valence-electron chi connectivity index (χ0n) is 14.0. The van der Waals surface area contributed by atoms with Crippen molar-refractivity contribution in [2.75, 3.05) is 20.6 Å². The van der Waals surface area contributed by atoms with E-state index < -0.39 is 0 Å². The van der Waals surface area contributed by atoms with Crippen LogP contribution in [0.25, 0.3) is 0 Å². The van der Waals surface area contributed by atoms with Crippen molar-refractivity contribution in [1.29, 1.82) is 0 Å². The summed E-state index contributed by atoms with van der Waals surface area (Å²) < 4.78 is 0. The third-order valence-corrected chi connectivity index (χ3v) is 5.16. The van der Waals surface area contributed by atoms with E-state index in [-0.39, 0.29) is 11.9 Å². The summed E-state index contributed by atoms with van der Waals surface area (Å²) in [6.07, 6.45) is 3.96. The van der Waals surface area contributed by atoms with Crippen molar-refractivity contribution >= 4 is 17.2 Å². The fraction of sp³-hybridized carbons (Fsp3) is 0.444. The Morgan fingerprint density at radius 1 is 1.39 bits per heavy atom. The fourth-order valence-electron chi connectivity index (χ4n) is 3.16. The SMILES string of the molecule is Cc1ccc(C(=O)N2CCCC2c2ccnc(CN(C)C)c2)s1. The van der Waals surface area contributed by atoms with Crippen LogP contribution >= 0.6 is 11.3 Å². The van der Waals surface area contributed by atoms with Crippen LogP contribution in [0.3, 0.4) is 0 Å². The molecule has 23 heavy (non-hydrogen) atoms. The van der Waals surface area contributed by atoms with E-state index in [0.717, 1.165) is 36.5 Å². The Morgan fingerprint density at radius 2 is 2.22 bits per heavy atom. The van der Waals surface area contributed by atoms with Crippen LogP contribution in [0.15, 0.2) is 30.5 Å². The lowest BCUT2D eigenvalue weighted by atomic mass is 10.0. The predicted molar refractivity (Wildman–Crippen MR) is 93.7 cm³/mol. The van der Waals surface area contributed by atoms with E-state index in [1.54, 1.807) is 11.3 Å². The molecule has 1 fully saturated rings. The van der Waals surface area contributed by atoms with E-state index in [1.165, 1.54) is 10.4 Å². The lowest BCUT2D eigenvalue weighted by Crippen LogP contribution is -2.30. The molecule has 0 aliphatic carbocycles. The Kier molecular flexibility index (Phi) is 4.78. The van der Waals surface area contributed by atoms with E-state index in [0.29, 0.717) is 0 Å². The molecule has 0 N–H and O–H groups in total. The highest BCUT2D eigenvalue weighted by atomic mass is 32.1. The van der Waals surface area contributed by atoms with Crippen molar-refractivity contribution in [3.63, 3.8) is 0 Å². The number of rotatable bonds is 4. The number of hydrogen-bond acceptors (Lipinski definition) is 4. The second-order valence-corrected chi connectivity index (χ2v) is 7.67. The monoisotopic (exact) mass is 329 g/mol. The van der Waals surface area contributed by atoms with Crippen LogP contribution in [-0.4, -0.2) is 41.3 Å². The maximum Gasteiger partial charge on any atom is 0.264 e. The summed E-state index contributed by atoms with van der Waals surface area (Å²) in [5.74, 6) is 0.163. The van der Waals surface area contributed by atoms with Crippen LogP contribution in [0.4, 0.5) is 0 Å². The van der Waals surface area contributed by atoms with Gasteiger partial charge in [-0.05, 0) is 63.7 Å². The largest absolute Gasteiger partial charge is 0.331 e. The van der Waals surface area contributed by atoms with Crippen molar-refractivity contribution in [2.24, 2.45) is 0 Å². The third kappa shape index (κ3) is 3.62. The topological polar surface area (TPSA) is 36.4 Å². The molecule has 2 aromatic heterocycles. The van der Waals surface area contributed by atoms with Gasteiger partial charge in [0.1, 0.15) is 0 Å². The summed E-state index contributed by atoms with van der Waals surface area (Å²) in [4.78, 5) is 23.4. The van der Waals surface area contributed by atoms with Crippen molar-refractivity contribution < 1.29 is 4.79 Å². The molecule has 2 aromatic rings. The van der Waals surface area contributed by atoms with Crippen LogP contribution in [0, 0.1) is 6.92 Å². The van der Waals surface area contributed by atoms with E-state index in [1.807, 2.05) is 44.2 Å². The number of carbonyl (C=O) groups is 1. The van der Waals surface area contributed by atoms with Gasteiger partial charge in [0, 0.05) is 24.2 Å². The quantitative estimate of drug-likeness (QED) is 0.861. The van der Waals surface area contributed by atoms with E-state index in [4.69, 9.17) is 0 Å². The van der Waals surface area contributed by atoms with Crippen molar-refractivity contribution in [1.82, 2.24) is 14.8 Å². The van der Waals surface area contributed by atoms with E-state index in [2.05, 4.69) is 22.0 Å². The summed E-state index contributed by atoms with van der Waals surface area (Å²) >= 11 is 1.58. The molecule has 1 aliphatic rings. The zero-order valence-corrected chi connectivity index (χ0v) is 14.8. The van der Waals surface area contributed by atoms with Crippen molar-refractivity contribution in [2.45, 2.75) is 32.4 Å². The van der Waals surface area contributed by atoms with Gasteiger partial charge in [-0.15, -0.1) is 11.3 Å². The molecule has 0 bridgehead atoms. The van der Waals surface area contributed by atoms with Crippen LogP contribution in [0.2, 0.25) is 0 Å². The molecule has 3 heterocycles. The number of nitrogens with zero attached hydrogens (tertiary/aromatic N) is 3. The molecule has 0 radical (unpaired) electrons. The minimum atomic E-state index is 0.163. The van der Waals surface area contributed by atoms with Crippen LogP contribution in [0.1, 0.15) is 44.7 Å². The summed E-state index contributed by atoms with van der Waals surface area (Å²) in [6.45, 7) is 3.70. The highest BCUT2D eigenvalue weighted by Crippen LogP contribution is 2.34. The first-order valence-electron chi connectivity index (χ1n) is 8.01. The Hall–Kier alpha value is -1.72. The number of aryl methyl sites for hydroxylation is 1. The number of likely N-dealkylation sites (tertiary alicyclic amines) is 1.